The lowest BCUT2D eigenvalue weighted by Crippen LogP contribution is -2.22. The van der Waals surface area contributed by atoms with Crippen molar-refractivity contribution in [3.63, 3.8) is 0 Å². The first-order valence-corrected chi connectivity index (χ1v) is 8.54. The fourth-order valence-electron chi connectivity index (χ4n) is 2.86. The average Bonchev–Trinajstić information content (AvgIpc) is 2.60. The Balaban J connectivity index is 2.19. The second-order valence-electron chi connectivity index (χ2n) is 5.84. The third kappa shape index (κ3) is 4.98. The molecule has 1 atom stereocenters. The van der Waals surface area contributed by atoms with E-state index in [9.17, 15) is 0 Å². The van der Waals surface area contributed by atoms with Crippen molar-refractivity contribution in [2.24, 2.45) is 0 Å². The fourth-order valence-corrected chi connectivity index (χ4v) is 2.86. The molecule has 0 radical (unpaired) electrons. The highest BCUT2D eigenvalue weighted by molar-refractivity contribution is 5.38. The van der Waals surface area contributed by atoms with Crippen molar-refractivity contribution in [1.82, 2.24) is 4.90 Å². The maximum atomic E-state index is 3.42. The van der Waals surface area contributed by atoms with Crippen LogP contribution in [-0.2, 0) is 0 Å². The van der Waals surface area contributed by atoms with Crippen LogP contribution in [0.25, 0.3) is 0 Å². The minimum Gasteiger partial charge on any atom is -0.293 e. The van der Waals surface area contributed by atoms with E-state index in [4.69, 9.17) is 0 Å². The summed E-state index contributed by atoms with van der Waals surface area (Å²) in [6.45, 7) is 9.55. The molecule has 0 fully saturated rings. The number of rotatable bonds is 6. The van der Waals surface area contributed by atoms with Crippen molar-refractivity contribution in [3.05, 3.63) is 71.3 Å². The van der Waals surface area contributed by atoms with E-state index in [2.05, 4.69) is 92.1 Å². The molecule has 1 nitrogen and oxygen atoms in total. The Morgan fingerprint density at radius 1 is 0.870 bits per heavy atom. The molecule has 0 bridgehead atoms. The van der Waals surface area contributed by atoms with Gasteiger partial charge in [0.1, 0.15) is 0 Å². The zero-order chi connectivity index (χ0) is 16.5. The number of hydrogen-bond acceptors (Lipinski definition) is 1. The van der Waals surface area contributed by atoms with E-state index >= 15 is 0 Å². The second-order valence-corrected chi connectivity index (χ2v) is 5.84. The molecule has 0 aliphatic rings. The molecule has 23 heavy (non-hydrogen) atoms. The van der Waals surface area contributed by atoms with Crippen LogP contribution in [0.1, 0.15) is 42.9 Å². The molecule has 0 aliphatic heterocycles. The molecule has 0 aliphatic carbocycles. The van der Waals surface area contributed by atoms with Gasteiger partial charge >= 0.3 is 0 Å². The van der Waals surface area contributed by atoms with Crippen LogP contribution < -0.4 is 0 Å². The summed E-state index contributed by atoms with van der Waals surface area (Å²) in [4.78, 5) is 2.35. The van der Waals surface area contributed by atoms with Crippen molar-refractivity contribution in [3.8, 4) is 11.8 Å². The summed E-state index contributed by atoms with van der Waals surface area (Å²) in [5, 5.41) is 0. The van der Waals surface area contributed by atoms with Gasteiger partial charge in [0.15, 0.2) is 0 Å². The minimum absolute atomic E-state index is 0.349. The Morgan fingerprint density at radius 2 is 1.52 bits per heavy atom. The van der Waals surface area contributed by atoms with Gasteiger partial charge in [-0.3, -0.25) is 4.90 Å². The summed E-state index contributed by atoms with van der Waals surface area (Å²) >= 11 is 0. The monoisotopic (exact) mass is 305 g/mol. The molecule has 0 saturated heterocycles. The molecular formula is C22H27N. The predicted molar refractivity (Wildman–Crippen MR) is 99.6 cm³/mol. The Labute approximate surface area is 141 Å². The van der Waals surface area contributed by atoms with Gasteiger partial charge in [-0.1, -0.05) is 74.4 Å². The van der Waals surface area contributed by atoms with Gasteiger partial charge < -0.3 is 0 Å². The Hall–Kier alpha value is -2.04. The van der Waals surface area contributed by atoms with E-state index in [1.807, 2.05) is 0 Å². The first kappa shape index (κ1) is 17.3. The highest BCUT2D eigenvalue weighted by Crippen LogP contribution is 2.29. The van der Waals surface area contributed by atoms with Crippen LogP contribution >= 0.6 is 0 Å². The van der Waals surface area contributed by atoms with Crippen LogP contribution in [0, 0.1) is 18.8 Å². The summed E-state index contributed by atoms with van der Waals surface area (Å²) in [5.41, 5.74) is 4.07. The van der Waals surface area contributed by atoms with Crippen LogP contribution in [0.5, 0.6) is 0 Å². The molecule has 0 amide bonds. The van der Waals surface area contributed by atoms with Crippen LogP contribution in [0.4, 0.5) is 0 Å². The van der Waals surface area contributed by atoms with Gasteiger partial charge in [-0.2, -0.15) is 0 Å². The van der Waals surface area contributed by atoms with E-state index in [1.54, 1.807) is 0 Å². The van der Waals surface area contributed by atoms with Gasteiger partial charge in [0.25, 0.3) is 0 Å². The van der Waals surface area contributed by atoms with Gasteiger partial charge in [-0.15, -0.1) is 5.92 Å². The first-order chi connectivity index (χ1) is 11.3. The summed E-state index contributed by atoms with van der Waals surface area (Å²) in [6.07, 6.45) is 0.871. The van der Waals surface area contributed by atoms with Crippen LogP contribution in [0.3, 0.4) is 0 Å². The van der Waals surface area contributed by atoms with Gasteiger partial charge in [0.05, 0.1) is 6.54 Å². The molecule has 0 N–H and O–H groups in total. The summed E-state index contributed by atoms with van der Waals surface area (Å²) < 4.78 is 0. The summed E-state index contributed by atoms with van der Waals surface area (Å²) in [5.74, 6) is 7.12. The molecule has 2 aromatic rings. The Morgan fingerprint density at radius 3 is 2.17 bits per heavy atom. The molecule has 0 spiro atoms. The molecule has 0 saturated carbocycles. The predicted octanol–water partition coefficient (Wildman–Crippen LogP) is 4.86. The lowest BCUT2D eigenvalue weighted by atomic mass is 9.86. The Kier molecular flexibility index (Phi) is 6.91. The highest BCUT2D eigenvalue weighted by Gasteiger charge is 2.14. The minimum atomic E-state index is 0.349. The van der Waals surface area contributed by atoms with Crippen molar-refractivity contribution < 1.29 is 0 Å². The van der Waals surface area contributed by atoms with Crippen molar-refractivity contribution in [1.29, 1.82) is 0 Å². The standard InChI is InChI=1S/C22H27N/c1-4-23(5-2)18-12-11-17-22(20-14-7-6-8-15-20)21-16-10-9-13-19(21)3/h6-10,13-16,22H,4-5,17-18H2,1-3H3/t22-/m0/s1. The average molecular weight is 305 g/mol. The van der Waals surface area contributed by atoms with Gasteiger partial charge in [-0.05, 0) is 36.7 Å². The molecule has 120 valence electrons. The Bertz CT molecular complexity index is 644. The molecule has 0 aromatic heterocycles. The number of benzene rings is 2. The van der Waals surface area contributed by atoms with Crippen molar-refractivity contribution >= 4 is 0 Å². The van der Waals surface area contributed by atoms with Crippen molar-refractivity contribution in [2.45, 2.75) is 33.1 Å². The lowest BCUT2D eigenvalue weighted by Gasteiger charge is -2.18. The van der Waals surface area contributed by atoms with Crippen LogP contribution in [0.2, 0.25) is 0 Å². The van der Waals surface area contributed by atoms with E-state index in [0.29, 0.717) is 5.92 Å². The maximum absolute atomic E-state index is 3.42. The molecule has 2 rings (SSSR count). The zero-order valence-electron chi connectivity index (χ0n) is 14.5. The number of hydrogen-bond donors (Lipinski definition) is 0. The van der Waals surface area contributed by atoms with E-state index in [1.165, 1.54) is 16.7 Å². The summed E-state index contributed by atoms with van der Waals surface area (Å²) in [6, 6.07) is 19.4. The molecule has 0 unspecified atom stereocenters. The molecule has 0 heterocycles. The number of aryl methyl sites for hydroxylation is 1. The van der Waals surface area contributed by atoms with E-state index in [-0.39, 0.29) is 0 Å². The number of nitrogens with zero attached hydrogens (tertiary/aromatic N) is 1. The summed E-state index contributed by atoms with van der Waals surface area (Å²) in [7, 11) is 0. The van der Waals surface area contributed by atoms with Crippen LogP contribution in [0.15, 0.2) is 54.6 Å². The van der Waals surface area contributed by atoms with Gasteiger partial charge in [-0.25, -0.2) is 0 Å². The van der Waals surface area contributed by atoms with Crippen molar-refractivity contribution in [2.75, 3.05) is 19.6 Å². The smallest absolute Gasteiger partial charge is 0.0601 e. The highest BCUT2D eigenvalue weighted by atomic mass is 15.1. The topological polar surface area (TPSA) is 3.24 Å². The molecule has 1 heteroatoms. The SMILES string of the molecule is CCN(CC)CC#CC[C@@H](c1ccccc1)c1ccccc1C. The van der Waals surface area contributed by atoms with E-state index < -0.39 is 0 Å². The third-order valence-corrected chi connectivity index (χ3v) is 4.39. The van der Waals surface area contributed by atoms with E-state index in [0.717, 1.165) is 26.1 Å². The normalized spacial score (nSPS) is 11.8. The zero-order valence-corrected chi connectivity index (χ0v) is 14.5. The first-order valence-electron chi connectivity index (χ1n) is 8.54. The van der Waals surface area contributed by atoms with Crippen LogP contribution in [-0.4, -0.2) is 24.5 Å². The maximum Gasteiger partial charge on any atom is 0.0601 e. The molecule has 2 aromatic carbocycles. The lowest BCUT2D eigenvalue weighted by molar-refractivity contribution is 0.342. The van der Waals surface area contributed by atoms with Gasteiger partial charge in [0.2, 0.25) is 0 Å². The fraction of sp³-hybridized carbons (Fsp3) is 0.364. The van der Waals surface area contributed by atoms with Gasteiger partial charge in [0, 0.05) is 12.3 Å². The molecular weight excluding hydrogens is 278 g/mol. The quantitative estimate of drug-likeness (QED) is 0.689. The third-order valence-electron chi connectivity index (χ3n) is 4.39. The second kappa shape index (κ2) is 9.18. The largest absolute Gasteiger partial charge is 0.293 e.